The highest BCUT2D eigenvalue weighted by Gasteiger charge is 2.24. The molecule has 0 N–H and O–H groups in total. The fourth-order valence-electron chi connectivity index (χ4n) is 2.81. The van der Waals surface area contributed by atoms with E-state index in [4.69, 9.17) is 4.98 Å². The van der Waals surface area contributed by atoms with Crippen LogP contribution >= 0.6 is 11.8 Å². The summed E-state index contributed by atoms with van der Waals surface area (Å²) in [5.41, 5.74) is 0.463. The molecule has 0 amide bonds. The molecular formula is C20H24N4O2S. The van der Waals surface area contributed by atoms with E-state index in [-0.39, 0.29) is 16.2 Å². The number of rotatable bonds is 3. The van der Waals surface area contributed by atoms with Crippen LogP contribution in [-0.2, 0) is 19.5 Å². The zero-order chi connectivity index (χ0) is 19.9. The molecule has 142 valence electrons. The molecule has 3 rings (SSSR count). The van der Waals surface area contributed by atoms with Gasteiger partial charge in [-0.3, -0.25) is 13.9 Å². The lowest BCUT2D eigenvalue weighted by Crippen LogP contribution is -2.38. The number of thioether (sulfide) groups is 1. The van der Waals surface area contributed by atoms with Crippen molar-refractivity contribution >= 4 is 22.8 Å². The van der Waals surface area contributed by atoms with Gasteiger partial charge in [-0.25, -0.2) is 14.8 Å². The number of benzene rings is 1. The monoisotopic (exact) mass is 384 g/mol. The number of aromatic nitrogens is 4. The second kappa shape index (κ2) is 6.96. The predicted octanol–water partition coefficient (Wildman–Crippen LogP) is 3.18. The van der Waals surface area contributed by atoms with Gasteiger partial charge < -0.3 is 0 Å². The minimum atomic E-state index is -0.391. The van der Waals surface area contributed by atoms with Crippen LogP contribution in [0.2, 0.25) is 0 Å². The van der Waals surface area contributed by atoms with E-state index in [1.807, 2.05) is 39.0 Å². The van der Waals surface area contributed by atoms with Crippen molar-refractivity contribution in [1.82, 2.24) is 19.1 Å². The molecule has 0 radical (unpaired) electrons. The normalized spacial score (nSPS) is 13.1. The van der Waals surface area contributed by atoms with E-state index >= 15 is 0 Å². The first-order valence-corrected chi connectivity index (χ1v) is 9.69. The lowest BCUT2D eigenvalue weighted by atomic mass is 9.96. The Labute approximate surface area is 162 Å². The summed E-state index contributed by atoms with van der Waals surface area (Å²) in [5, 5.41) is 1.09. The van der Waals surface area contributed by atoms with Gasteiger partial charge in [0.15, 0.2) is 5.65 Å². The summed E-state index contributed by atoms with van der Waals surface area (Å²) in [5.74, 6) is 0.612. The molecule has 0 saturated heterocycles. The highest BCUT2D eigenvalue weighted by molar-refractivity contribution is 7.99. The van der Waals surface area contributed by atoms with Gasteiger partial charge in [-0.05, 0) is 12.5 Å². The first-order valence-electron chi connectivity index (χ1n) is 8.81. The topological polar surface area (TPSA) is 69.8 Å². The number of hydrogen-bond acceptors (Lipinski definition) is 5. The molecule has 0 saturated carbocycles. The van der Waals surface area contributed by atoms with Crippen LogP contribution in [0.3, 0.4) is 0 Å². The van der Waals surface area contributed by atoms with Crippen LogP contribution in [0, 0.1) is 0 Å². The fourth-order valence-corrected chi connectivity index (χ4v) is 3.87. The molecule has 27 heavy (non-hydrogen) atoms. The summed E-state index contributed by atoms with van der Waals surface area (Å²) in [6, 6.07) is 10.1. The highest BCUT2D eigenvalue weighted by Crippen LogP contribution is 2.36. The Morgan fingerprint density at radius 3 is 2.22 bits per heavy atom. The van der Waals surface area contributed by atoms with E-state index in [9.17, 15) is 9.59 Å². The van der Waals surface area contributed by atoms with Gasteiger partial charge >= 0.3 is 5.69 Å². The van der Waals surface area contributed by atoms with E-state index in [2.05, 4.69) is 24.0 Å². The zero-order valence-corrected chi connectivity index (χ0v) is 17.3. The molecule has 1 unspecified atom stereocenters. The van der Waals surface area contributed by atoms with Crippen LogP contribution in [0.5, 0.6) is 0 Å². The van der Waals surface area contributed by atoms with Crippen LogP contribution in [0.1, 0.15) is 44.3 Å². The maximum Gasteiger partial charge on any atom is 0.332 e. The Kier molecular flexibility index (Phi) is 4.99. The Morgan fingerprint density at radius 2 is 1.63 bits per heavy atom. The third kappa shape index (κ3) is 3.56. The van der Waals surface area contributed by atoms with Crippen molar-refractivity contribution < 1.29 is 0 Å². The summed E-state index contributed by atoms with van der Waals surface area (Å²) in [6.45, 7) is 8.13. The van der Waals surface area contributed by atoms with Crippen molar-refractivity contribution in [2.75, 3.05) is 0 Å². The maximum absolute atomic E-state index is 12.9. The minimum absolute atomic E-state index is 0.0964. The Balaban J connectivity index is 2.29. The van der Waals surface area contributed by atoms with Crippen LogP contribution in [0.25, 0.3) is 11.0 Å². The van der Waals surface area contributed by atoms with Gasteiger partial charge in [0.25, 0.3) is 5.56 Å². The first-order chi connectivity index (χ1) is 12.6. The highest BCUT2D eigenvalue weighted by atomic mass is 32.2. The molecular weight excluding hydrogens is 360 g/mol. The number of aryl methyl sites for hydroxylation is 1. The van der Waals surface area contributed by atoms with Gasteiger partial charge in [0.05, 0.1) is 0 Å². The molecule has 0 spiro atoms. The molecule has 0 aliphatic heterocycles. The van der Waals surface area contributed by atoms with E-state index < -0.39 is 5.69 Å². The average molecular weight is 385 g/mol. The number of nitrogens with zero attached hydrogens (tertiary/aromatic N) is 4. The van der Waals surface area contributed by atoms with Crippen LogP contribution in [-0.4, -0.2) is 19.1 Å². The van der Waals surface area contributed by atoms with Gasteiger partial charge in [0, 0.05) is 24.8 Å². The molecule has 1 aromatic carbocycles. The summed E-state index contributed by atoms with van der Waals surface area (Å²) in [4.78, 5) is 34.5. The van der Waals surface area contributed by atoms with Gasteiger partial charge in [-0.2, -0.15) is 0 Å². The quantitative estimate of drug-likeness (QED) is 0.512. The van der Waals surface area contributed by atoms with Crippen LogP contribution < -0.4 is 11.2 Å². The maximum atomic E-state index is 12.9. The van der Waals surface area contributed by atoms with Crippen molar-refractivity contribution in [3.05, 3.63) is 62.6 Å². The molecule has 1 atom stereocenters. The van der Waals surface area contributed by atoms with Crippen molar-refractivity contribution in [2.45, 2.75) is 43.4 Å². The second-order valence-electron chi connectivity index (χ2n) is 7.68. The minimum Gasteiger partial charge on any atom is -0.280 e. The third-order valence-electron chi connectivity index (χ3n) is 4.50. The Bertz CT molecular complexity index is 1110. The molecule has 0 bridgehead atoms. The first kappa shape index (κ1) is 19.4. The summed E-state index contributed by atoms with van der Waals surface area (Å²) in [6.07, 6.45) is 0. The molecule has 6 nitrogen and oxygen atoms in total. The Morgan fingerprint density at radius 1 is 1.00 bits per heavy atom. The summed E-state index contributed by atoms with van der Waals surface area (Å²) >= 11 is 1.51. The van der Waals surface area contributed by atoms with Gasteiger partial charge in [0.2, 0.25) is 0 Å². The lowest BCUT2D eigenvalue weighted by molar-refractivity contribution is 0.539. The van der Waals surface area contributed by atoms with E-state index in [1.165, 1.54) is 23.4 Å². The molecule has 0 fully saturated rings. The molecule has 0 aliphatic carbocycles. The Hall–Kier alpha value is -2.41. The van der Waals surface area contributed by atoms with E-state index in [0.29, 0.717) is 21.9 Å². The van der Waals surface area contributed by atoms with E-state index in [0.717, 1.165) is 10.1 Å². The standard InChI is InChI=1S/C20H24N4O2S/c1-12(13-10-8-7-9-11-13)27-16-14-15(21-18(22-16)20(2,3)4)23(5)19(26)24(6)17(14)25/h7-12H,1-6H3. The molecule has 0 aliphatic rings. The van der Waals surface area contributed by atoms with E-state index in [1.54, 1.807) is 7.05 Å². The van der Waals surface area contributed by atoms with Gasteiger partial charge in [-0.15, -0.1) is 0 Å². The van der Waals surface area contributed by atoms with Crippen molar-refractivity contribution in [3.8, 4) is 0 Å². The van der Waals surface area contributed by atoms with Gasteiger partial charge in [0.1, 0.15) is 16.2 Å². The number of hydrogen-bond donors (Lipinski definition) is 0. The average Bonchev–Trinajstić information content (AvgIpc) is 2.64. The zero-order valence-electron chi connectivity index (χ0n) is 16.5. The van der Waals surface area contributed by atoms with Crippen LogP contribution in [0.15, 0.2) is 44.9 Å². The lowest BCUT2D eigenvalue weighted by Gasteiger charge is -2.20. The van der Waals surface area contributed by atoms with Crippen molar-refractivity contribution in [1.29, 1.82) is 0 Å². The smallest absolute Gasteiger partial charge is 0.280 e. The molecule has 3 aromatic rings. The molecule has 2 aromatic heterocycles. The number of fused-ring (bicyclic) bond motifs is 1. The summed E-state index contributed by atoms with van der Waals surface area (Å²) < 4.78 is 2.53. The van der Waals surface area contributed by atoms with Crippen molar-refractivity contribution in [2.24, 2.45) is 14.1 Å². The predicted molar refractivity (Wildman–Crippen MR) is 109 cm³/mol. The van der Waals surface area contributed by atoms with Gasteiger partial charge in [-0.1, -0.05) is 62.9 Å². The third-order valence-corrected chi connectivity index (χ3v) is 5.64. The SMILES string of the molecule is CC(Sc1nc(C(C)(C)C)nc2c1c(=O)n(C)c(=O)n2C)c1ccccc1. The molecule has 7 heteroatoms. The summed E-state index contributed by atoms with van der Waals surface area (Å²) in [7, 11) is 3.12. The largest absolute Gasteiger partial charge is 0.332 e. The fraction of sp³-hybridized carbons (Fsp3) is 0.400. The van der Waals surface area contributed by atoms with Crippen LogP contribution in [0.4, 0.5) is 0 Å². The second-order valence-corrected chi connectivity index (χ2v) is 9.01. The van der Waals surface area contributed by atoms with Crippen molar-refractivity contribution in [3.63, 3.8) is 0 Å². The molecule has 2 heterocycles.